The van der Waals surface area contributed by atoms with E-state index in [1.54, 1.807) is 0 Å². The lowest BCUT2D eigenvalue weighted by Crippen LogP contribution is -2.17. The number of hydrogen-bond acceptors (Lipinski definition) is 9. The molecule has 0 fully saturated rings. The normalized spacial score (nSPS) is 14.1. The van der Waals surface area contributed by atoms with Crippen LogP contribution in [0.1, 0.15) is 68.0 Å². The third kappa shape index (κ3) is 11.9. The van der Waals surface area contributed by atoms with Crippen LogP contribution in [0.15, 0.2) is 385 Å². The molecule has 0 saturated heterocycles. The van der Waals surface area contributed by atoms with Crippen LogP contribution in [0.5, 0.6) is 0 Å². The van der Waals surface area contributed by atoms with Crippen molar-refractivity contribution in [1.82, 2.24) is 24.9 Å². The SMILES string of the molecule is CC1(C)c2ccccc2-c2ccc(N(c3ccc(-c4ccccc4)cc3)c3cc(-c4nc(-c5cccc(-c6ccc7c(c6)C(C)(C)c6cc(N(c8ccc(-c9ccccc9)cc8)c8cc(-c9nc(-c%10ccccc%10)nc(-c%10ccccc%10)n9)cc9oc%10ccccc%10c89)ccc6-7)c5)cc(C5C=CC=CC5)n4)cc4oc5ccccc5c34)cc21. The predicted molar refractivity (Wildman–Crippen MR) is 484 cm³/mol. The van der Waals surface area contributed by atoms with Crippen molar-refractivity contribution < 1.29 is 8.83 Å². The number of hydrogen-bond donors (Lipinski definition) is 0. The molecule has 0 spiro atoms. The van der Waals surface area contributed by atoms with E-state index >= 15 is 0 Å². The summed E-state index contributed by atoms with van der Waals surface area (Å²) in [5.41, 5.74) is 31.3. The second-order valence-electron chi connectivity index (χ2n) is 32.2. The maximum Gasteiger partial charge on any atom is 0.164 e. The summed E-state index contributed by atoms with van der Waals surface area (Å²) in [6.07, 6.45) is 9.58. The minimum absolute atomic E-state index is 0.0238. The topological polar surface area (TPSA) is 97.2 Å². The summed E-state index contributed by atoms with van der Waals surface area (Å²) in [6.45, 7) is 9.45. The van der Waals surface area contributed by atoms with Crippen LogP contribution in [0.3, 0.4) is 0 Å². The Morgan fingerprint density at radius 2 is 0.678 bits per heavy atom. The molecular formula is C109H77N7O2. The van der Waals surface area contributed by atoms with Gasteiger partial charge in [0.05, 0.1) is 33.5 Å². The molecule has 0 radical (unpaired) electrons. The first kappa shape index (κ1) is 69.8. The predicted octanol–water partition coefficient (Wildman–Crippen LogP) is 28.9. The van der Waals surface area contributed by atoms with E-state index in [9.17, 15) is 0 Å². The first-order chi connectivity index (χ1) is 57.9. The van der Waals surface area contributed by atoms with E-state index in [-0.39, 0.29) is 11.3 Å². The largest absolute Gasteiger partial charge is 0.456 e. The Morgan fingerprint density at radius 1 is 0.280 bits per heavy atom. The molecule has 15 aromatic carbocycles. The van der Waals surface area contributed by atoms with E-state index in [1.807, 2.05) is 72.8 Å². The monoisotopic (exact) mass is 1520 g/mol. The number of furan rings is 2. The maximum absolute atomic E-state index is 7.02. The molecule has 4 aromatic heterocycles. The molecule has 4 heterocycles. The molecule has 0 saturated carbocycles. The molecule has 0 bridgehead atoms. The molecular weight excluding hydrogens is 1440 g/mol. The highest BCUT2D eigenvalue weighted by Gasteiger charge is 2.39. The maximum atomic E-state index is 7.02. The van der Waals surface area contributed by atoms with Gasteiger partial charge in [-0.25, -0.2) is 24.9 Å². The van der Waals surface area contributed by atoms with E-state index in [0.717, 1.165) is 151 Å². The number of nitrogens with zero attached hydrogens (tertiary/aromatic N) is 7. The number of fused-ring (bicyclic) bond motifs is 12. The Balaban J connectivity index is 0.659. The molecule has 22 rings (SSSR count). The van der Waals surface area contributed by atoms with Crippen molar-refractivity contribution in [2.45, 2.75) is 50.9 Å². The van der Waals surface area contributed by atoms with Crippen molar-refractivity contribution in [2.24, 2.45) is 0 Å². The molecule has 0 N–H and O–H groups in total. The Bertz CT molecular complexity index is 7210. The van der Waals surface area contributed by atoms with E-state index in [2.05, 4.69) is 341 Å². The fourth-order valence-electron chi connectivity index (χ4n) is 18.4. The summed E-state index contributed by atoms with van der Waals surface area (Å²) >= 11 is 0. The van der Waals surface area contributed by atoms with Crippen molar-refractivity contribution in [1.29, 1.82) is 0 Å². The highest BCUT2D eigenvalue weighted by Crippen LogP contribution is 2.56. The molecule has 0 amide bonds. The zero-order valence-corrected chi connectivity index (χ0v) is 65.5. The van der Waals surface area contributed by atoms with Crippen molar-refractivity contribution in [3.63, 3.8) is 0 Å². The van der Waals surface area contributed by atoms with Gasteiger partial charge in [-0.2, -0.15) is 0 Å². The van der Waals surface area contributed by atoms with Crippen LogP contribution in [0.25, 0.3) is 156 Å². The molecule has 9 heteroatoms. The average Bonchev–Trinajstić information content (AvgIpc) is 1.50. The van der Waals surface area contributed by atoms with Crippen molar-refractivity contribution in [2.75, 3.05) is 9.80 Å². The molecule has 0 aliphatic heterocycles. The lowest BCUT2D eigenvalue weighted by atomic mass is 9.81. The van der Waals surface area contributed by atoms with Gasteiger partial charge in [0, 0.05) is 78.1 Å². The first-order valence-electron chi connectivity index (χ1n) is 40.5. The summed E-state index contributed by atoms with van der Waals surface area (Å²) in [5.74, 6) is 2.33. The van der Waals surface area contributed by atoms with Gasteiger partial charge in [-0.05, 0) is 187 Å². The molecule has 9 nitrogen and oxygen atoms in total. The molecule has 1 unspecified atom stereocenters. The summed E-state index contributed by atoms with van der Waals surface area (Å²) in [4.78, 5) is 31.8. The lowest BCUT2D eigenvalue weighted by Gasteiger charge is -2.29. The van der Waals surface area contributed by atoms with Gasteiger partial charge in [0.15, 0.2) is 23.3 Å². The molecule has 3 aliphatic carbocycles. The van der Waals surface area contributed by atoms with Crippen molar-refractivity contribution in [3.05, 3.63) is 404 Å². The third-order valence-corrected chi connectivity index (χ3v) is 24.4. The van der Waals surface area contributed by atoms with E-state index in [1.165, 1.54) is 44.5 Å². The summed E-state index contributed by atoms with van der Waals surface area (Å²) in [6, 6.07) is 126. The van der Waals surface area contributed by atoms with E-state index in [0.29, 0.717) is 28.9 Å². The summed E-state index contributed by atoms with van der Waals surface area (Å²) < 4.78 is 14.0. The number of benzene rings is 15. The minimum Gasteiger partial charge on any atom is -0.456 e. The minimum atomic E-state index is -0.439. The van der Waals surface area contributed by atoms with Gasteiger partial charge in [-0.15, -0.1) is 0 Å². The Morgan fingerprint density at radius 3 is 1.20 bits per heavy atom. The van der Waals surface area contributed by atoms with Crippen LogP contribution in [0.2, 0.25) is 0 Å². The Kier molecular flexibility index (Phi) is 16.5. The lowest BCUT2D eigenvalue weighted by molar-refractivity contribution is 0.660. The Hall–Kier alpha value is -14.9. The van der Waals surface area contributed by atoms with Crippen LogP contribution >= 0.6 is 0 Å². The van der Waals surface area contributed by atoms with Gasteiger partial charge < -0.3 is 18.6 Å². The molecule has 118 heavy (non-hydrogen) atoms. The van der Waals surface area contributed by atoms with Gasteiger partial charge >= 0.3 is 0 Å². The van der Waals surface area contributed by atoms with Crippen LogP contribution in [0.4, 0.5) is 34.1 Å². The van der Waals surface area contributed by atoms with Crippen molar-refractivity contribution >= 4 is 78.0 Å². The number of aromatic nitrogens is 5. The molecule has 3 aliphatic rings. The van der Waals surface area contributed by atoms with Crippen molar-refractivity contribution in [3.8, 4) is 112 Å². The second-order valence-corrected chi connectivity index (χ2v) is 32.2. The van der Waals surface area contributed by atoms with Gasteiger partial charge in [0.25, 0.3) is 0 Å². The highest BCUT2D eigenvalue weighted by molar-refractivity contribution is 6.16. The molecule has 560 valence electrons. The van der Waals surface area contributed by atoms with Crippen LogP contribution < -0.4 is 9.80 Å². The van der Waals surface area contributed by atoms with Crippen LogP contribution in [-0.2, 0) is 10.8 Å². The smallest absolute Gasteiger partial charge is 0.164 e. The van der Waals surface area contributed by atoms with Crippen LogP contribution in [-0.4, -0.2) is 24.9 Å². The second kappa shape index (κ2) is 28.0. The standard InChI is InChI=1S/C109H77N7O2/c1-108(2)90-42-23-20-39-84(90)86-57-54-82(65-92(86)108)115(80-50-45-70(46-51-80)68-27-10-5-11-28-68)96-61-78(63-100-102(96)88-40-21-24-43-98(88)117-100)106-110-94(72-31-14-7-15-32-72)67-95(111-106)77-38-26-37-75(59-77)76-49-56-85-87-58-55-83(66-93(87)109(3,4)91(85)60-76)116(81-52-47-71(48-53-81)69-29-12-6-13-30-69)97-62-79(64-101-103(97)89-41-22-25-44-99(89)118-101)107-113-104(73-33-16-8-17-34-73)112-105(114-107)74-35-18-9-19-36-74/h5-31,33-67,72H,32H2,1-4H3. The summed E-state index contributed by atoms with van der Waals surface area (Å²) in [5, 5.41) is 4.01. The number of para-hydroxylation sites is 2. The zero-order valence-electron chi connectivity index (χ0n) is 65.5. The van der Waals surface area contributed by atoms with E-state index in [4.69, 9.17) is 33.8 Å². The zero-order chi connectivity index (χ0) is 78.7. The highest BCUT2D eigenvalue weighted by atomic mass is 16.3. The van der Waals surface area contributed by atoms with E-state index < -0.39 is 5.41 Å². The van der Waals surface area contributed by atoms with Crippen LogP contribution in [0, 0.1) is 0 Å². The molecule has 19 aromatic rings. The number of rotatable bonds is 15. The average molecular weight is 1520 g/mol. The fourth-order valence-corrected chi connectivity index (χ4v) is 18.4. The molecule has 1 atom stereocenters. The number of allylic oxidation sites excluding steroid dienone is 4. The Labute approximate surface area is 684 Å². The first-order valence-corrected chi connectivity index (χ1v) is 40.5. The summed E-state index contributed by atoms with van der Waals surface area (Å²) in [7, 11) is 0. The van der Waals surface area contributed by atoms with Gasteiger partial charge in [-0.1, -0.05) is 301 Å². The number of anilines is 6. The van der Waals surface area contributed by atoms with Gasteiger partial charge in [0.1, 0.15) is 22.3 Å². The van der Waals surface area contributed by atoms with Gasteiger partial charge in [0.2, 0.25) is 0 Å². The van der Waals surface area contributed by atoms with Gasteiger partial charge in [-0.3, -0.25) is 0 Å². The third-order valence-electron chi connectivity index (χ3n) is 24.4. The quantitative estimate of drug-likeness (QED) is 0.0994. The fraction of sp³-hybridized carbons (Fsp3) is 0.0734.